The second-order valence-electron chi connectivity index (χ2n) is 7.47. The van der Waals surface area contributed by atoms with E-state index in [1.165, 1.54) is 12.8 Å². The average Bonchev–Trinajstić information content (AvgIpc) is 3.09. The number of hydrogen-bond donors (Lipinski definition) is 1. The van der Waals surface area contributed by atoms with Gasteiger partial charge in [-0.15, -0.1) is 0 Å². The van der Waals surface area contributed by atoms with Crippen molar-refractivity contribution < 1.29 is 0 Å². The predicted octanol–water partition coefficient (Wildman–Crippen LogP) is 4.33. The maximum atomic E-state index is 6.40. The van der Waals surface area contributed by atoms with Crippen molar-refractivity contribution >= 4 is 22.6 Å². The molecule has 1 heterocycles. The van der Waals surface area contributed by atoms with Crippen LogP contribution in [0.25, 0.3) is 11.0 Å². The van der Waals surface area contributed by atoms with E-state index < -0.39 is 0 Å². The lowest BCUT2D eigenvalue weighted by molar-refractivity contribution is 0.335. The van der Waals surface area contributed by atoms with Crippen LogP contribution in [-0.4, -0.2) is 15.6 Å². The Morgan fingerprint density at radius 1 is 1.38 bits per heavy atom. The second kappa shape index (κ2) is 5.29. The van der Waals surface area contributed by atoms with Gasteiger partial charge in [-0.2, -0.15) is 0 Å². The molecule has 1 aliphatic rings. The molecule has 0 aliphatic heterocycles. The topological polar surface area (TPSA) is 43.8 Å². The summed E-state index contributed by atoms with van der Waals surface area (Å²) in [5.41, 5.74) is 8.67. The van der Waals surface area contributed by atoms with Gasteiger partial charge in [0, 0.05) is 18.5 Å². The number of imidazole rings is 1. The molecule has 1 aliphatic carbocycles. The van der Waals surface area contributed by atoms with Gasteiger partial charge in [-0.05, 0) is 36.8 Å². The Morgan fingerprint density at radius 2 is 2.10 bits per heavy atom. The van der Waals surface area contributed by atoms with E-state index in [9.17, 15) is 0 Å². The van der Waals surface area contributed by atoms with Gasteiger partial charge in [0.2, 0.25) is 0 Å². The summed E-state index contributed by atoms with van der Waals surface area (Å²) in [7, 11) is 0. The smallest absolute Gasteiger partial charge is 0.111 e. The van der Waals surface area contributed by atoms with Crippen LogP contribution in [0.5, 0.6) is 0 Å². The van der Waals surface area contributed by atoms with Gasteiger partial charge in [0.15, 0.2) is 0 Å². The highest BCUT2D eigenvalue weighted by Crippen LogP contribution is 2.40. The largest absolute Gasteiger partial charge is 0.327 e. The molecule has 0 bridgehead atoms. The van der Waals surface area contributed by atoms with Crippen molar-refractivity contribution in [2.24, 2.45) is 11.1 Å². The summed E-state index contributed by atoms with van der Waals surface area (Å²) in [4.78, 5) is 4.80. The van der Waals surface area contributed by atoms with Crippen molar-refractivity contribution in [2.75, 3.05) is 0 Å². The van der Waals surface area contributed by atoms with E-state index in [1.807, 2.05) is 18.2 Å². The van der Waals surface area contributed by atoms with Gasteiger partial charge in [0.05, 0.1) is 16.1 Å². The number of nitrogens with two attached hydrogens (primary N) is 1. The van der Waals surface area contributed by atoms with Crippen LogP contribution in [0.3, 0.4) is 0 Å². The van der Waals surface area contributed by atoms with Gasteiger partial charge in [0.25, 0.3) is 0 Å². The van der Waals surface area contributed by atoms with Crippen LogP contribution < -0.4 is 5.73 Å². The normalized spacial score (nSPS) is 17.4. The van der Waals surface area contributed by atoms with Crippen LogP contribution in [0, 0.1) is 5.41 Å². The van der Waals surface area contributed by atoms with E-state index in [0.717, 1.165) is 34.7 Å². The standard InChI is InChI=1S/C17H24ClN3/c1-17(2,3)10-11(19)9-15-20-14-6-4-5-13(18)16(14)21(15)12-7-8-12/h4-6,11-12H,7-10,19H2,1-3H3. The van der Waals surface area contributed by atoms with Gasteiger partial charge in [-0.3, -0.25) is 0 Å². The second-order valence-corrected chi connectivity index (χ2v) is 7.87. The molecule has 4 heteroatoms. The summed E-state index contributed by atoms with van der Waals surface area (Å²) in [5, 5.41) is 0.794. The van der Waals surface area contributed by atoms with Crippen LogP contribution in [0.2, 0.25) is 5.02 Å². The SMILES string of the molecule is CC(C)(C)CC(N)Cc1nc2cccc(Cl)c2n1C1CC1. The Labute approximate surface area is 131 Å². The van der Waals surface area contributed by atoms with Crippen molar-refractivity contribution in [1.82, 2.24) is 9.55 Å². The number of aromatic nitrogens is 2. The van der Waals surface area contributed by atoms with Crippen molar-refractivity contribution in [3.05, 3.63) is 29.0 Å². The number of rotatable bonds is 4. The number of halogens is 1. The summed E-state index contributed by atoms with van der Waals surface area (Å²) in [6.07, 6.45) is 4.25. The third kappa shape index (κ3) is 3.24. The van der Waals surface area contributed by atoms with Crippen LogP contribution >= 0.6 is 11.6 Å². The van der Waals surface area contributed by atoms with E-state index in [2.05, 4.69) is 25.3 Å². The zero-order valence-electron chi connectivity index (χ0n) is 13.1. The van der Waals surface area contributed by atoms with Crippen LogP contribution in [0.1, 0.15) is 51.9 Å². The number of hydrogen-bond acceptors (Lipinski definition) is 2. The molecule has 1 unspecified atom stereocenters. The highest BCUT2D eigenvalue weighted by atomic mass is 35.5. The summed E-state index contributed by atoms with van der Waals surface area (Å²) >= 11 is 6.40. The van der Waals surface area contributed by atoms with Crippen molar-refractivity contribution in [2.45, 2.75) is 58.5 Å². The number of para-hydroxylation sites is 1. The molecule has 1 saturated carbocycles. The van der Waals surface area contributed by atoms with Crippen molar-refractivity contribution in [3.8, 4) is 0 Å². The first-order valence-electron chi connectivity index (χ1n) is 7.76. The average molecular weight is 306 g/mol. The van der Waals surface area contributed by atoms with Gasteiger partial charge < -0.3 is 10.3 Å². The van der Waals surface area contributed by atoms with Gasteiger partial charge in [-0.1, -0.05) is 38.4 Å². The molecule has 114 valence electrons. The lowest BCUT2D eigenvalue weighted by Gasteiger charge is -2.23. The molecule has 2 N–H and O–H groups in total. The van der Waals surface area contributed by atoms with Gasteiger partial charge >= 0.3 is 0 Å². The Bertz CT molecular complexity index is 650. The summed E-state index contributed by atoms with van der Waals surface area (Å²) in [6.45, 7) is 6.69. The molecule has 0 amide bonds. The first-order chi connectivity index (χ1) is 9.85. The maximum Gasteiger partial charge on any atom is 0.111 e. The highest BCUT2D eigenvalue weighted by molar-refractivity contribution is 6.35. The molecule has 21 heavy (non-hydrogen) atoms. The van der Waals surface area contributed by atoms with Crippen LogP contribution in [0.4, 0.5) is 0 Å². The Hall–Kier alpha value is -1.06. The third-order valence-corrected chi connectivity index (χ3v) is 4.27. The first kappa shape index (κ1) is 14.9. The Morgan fingerprint density at radius 3 is 2.71 bits per heavy atom. The minimum Gasteiger partial charge on any atom is -0.327 e. The first-order valence-corrected chi connectivity index (χ1v) is 8.14. The van der Waals surface area contributed by atoms with Gasteiger partial charge in [-0.25, -0.2) is 4.98 Å². The van der Waals surface area contributed by atoms with E-state index in [0.29, 0.717) is 6.04 Å². The third-order valence-electron chi connectivity index (χ3n) is 3.97. The molecule has 0 radical (unpaired) electrons. The molecule has 1 atom stereocenters. The summed E-state index contributed by atoms with van der Waals surface area (Å²) < 4.78 is 2.33. The zero-order valence-corrected chi connectivity index (χ0v) is 13.8. The highest BCUT2D eigenvalue weighted by Gasteiger charge is 2.30. The maximum absolute atomic E-state index is 6.40. The number of nitrogens with zero attached hydrogens (tertiary/aromatic N) is 2. The molecule has 2 aromatic rings. The number of fused-ring (bicyclic) bond motifs is 1. The van der Waals surface area contributed by atoms with E-state index in [-0.39, 0.29) is 11.5 Å². The fourth-order valence-corrected chi connectivity index (χ4v) is 3.38. The monoisotopic (exact) mass is 305 g/mol. The fraction of sp³-hybridized carbons (Fsp3) is 0.588. The van der Waals surface area contributed by atoms with Crippen molar-refractivity contribution in [3.63, 3.8) is 0 Å². The van der Waals surface area contributed by atoms with Crippen LogP contribution in [0.15, 0.2) is 18.2 Å². The molecule has 3 rings (SSSR count). The van der Waals surface area contributed by atoms with Crippen molar-refractivity contribution in [1.29, 1.82) is 0 Å². The molecular formula is C17H24ClN3. The fourth-order valence-electron chi connectivity index (χ4n) is 3.12. The molecule has 3 nitrogen and oxygen atoms in total. The lowest BCUT2D eigenvalue weighted by atomic mass is 9.87. The lowest BCUT2D eigenvalue weighted by Crippen LogP contribution is -2.29. The van der Waals surface area contributed by atoms with Gasteiger partial charge in [0.1, 0.15) is 5.82 Å². The molecule has 1 aromatic carbocycles. The summed E-state index contributed by atoms with van der Waals surface area (Å²) in [6, 6.07) is 6.65. The van der Waals surface area contributed by atoms with E-state index in [1.54, 1.807) is 0 Å². The Balaban J connectivity index is 1.95. The molecule has 1 fully saturated rings. The summed E-state index contributed by atoms with van der Waals surface area (Å²) in [5.74, 6) is 1.09. The van der Waals surface area contributed by atoms with E-state index >= 15 is 0 Å². The minimum atomic E-state index is 0.137. The quantitative estimate of drug-likeness (QED) is 0.913. The minimum absolute atomic E-state index is 0.137. The number of benzene rings is 1. The zero-order chi connectivity index (χ0) is 15.2. The predicted molar refractivity (Wildman–Crippen MR) is 88.8 cm³/mol. The Kier molecular flexibility index (Phi) is 3.74. The molecular weight excluding hydrogens is 282 g/mol. The van der Waals surface area contributed by atoms with E-state index in [4.69, 9.17) is 22.3 Å². The molecule has 0 spiro atoms. The molecule has 1 aromatic heterocycles. The van der Waals surface area contributed by atoms with Crippen LogP contribution in [-0.2, 0) is 6.42 Å². The molecule has 0 saturated heterocycles.